The fraction of sp³-hybridized carbons (Fsp3) is 1.00. The number of hydrogen-bond donors (Lipinski definition) is 4. The van der Waals surface area contributed by atoms with Crippen LogP contribution in [-0.2, 0) is 0 Å². The molecule has 0 heterocycles. The van der Waals surface area contributed by atoms with Crippen molar-refractivity contribution < 1.29 is 20.4 Å². The molecule has 0 bridgehead atoms. The fourth-order valence-corrected chi connectivity index (χ4v) is 2.04. The normalized spacial score (nSPS) is 13.2. The molecule has 4 nitrogen and oxygen atoms in total. The first-order valence-electron chi connectivity index (χ1n) is 5.56. The van der Waals surface area contributed by atoms with Crippen LogP contribution < -0.4 is 0 Å². The number of hydrogen-bond acceptors (Lipinski definition) is 4. The van der Waals surface area contributed by atoms with E-state index in [4.69, 9.17) is 15.3 Å². The lowest BCUT2D eigenvalue weighted by Gasteiger charge is -2.38. The lowest BCUT2D eigenvalue weighted by Crippen LogP contribution is -2.43. The maximum absolute atomic E-state index is 9.87. The van der Waals surface area contributed by atoms with Gasteiger partial charge in [-0.3, -0.25) is 0 Å². The third-order valence-electron chi connectivity index (χ3n) is 3.43. The molecule has 0 saturated heterocycles. The minimum atomic E-state index is -1.43. The largest absolute Gasteiger partial charge is 0.396 e. The van der Waals surface area contributed by atoms with E-state index in [1.165, 1.54) is 0 Å². The van der Waals surface area contributed by atoms with Crippen molar-refractivity contribution >= 4 is 0 Å². The van der Waals surface area contributed by atoms with Gasteiger partial charge in [-0.05, 0) is 18.3 Å². The van der Waals surface area contributed by atoms with E-state index in [1.54, 1.807) is 0 Å². The molecular weight excluding hydrogens is 196 g/mol. The molecule has 0 atom stereocenters. The molecule has 0 aromatic carbocycles. The van der Waals surface area contributed by atoms with Gasteiger partial charge in [0.25, 0.3) is 0 Å². The molecule has 92 valence electrons. The third-order valence-corrected chi connectivity index (χ3v) is 3.43. The van der Waals surface area contributed by atoms with E-state index in [0.717, 1.165) is 12.8 Å². The Morgan fingerprint density at radius 3 is 1.67 bits per heavy atom. The molecule has 0 aliphatic carbocycles. The molecule has 15 heavy (non-hydrogen) atoms. The van der Waals surface area contributed by atoms with E-state index < -0.39 is 18.8 Å². The van der Waals surface area contributed by atoms with Crippen molar-refractivity contribution in [1.82, 2.24) is 0 Å². The van der Waals surface area contributed by atoms with Gasteiger partial charge < -0.3 is 20.4 Å². The zero-order chi connectivity index (χ0) is 11.9. The summed E-state index contributed by atoms with van der Waals surface area (Å²) in [5.74, 6) is 0. The van der Waals surface area contributed by atoms with Crippen LogP contribution in [0.1, 0.15) is 39.5 Å². The highest BCUT2D eigenvalue weighted by molar-refractivity contribution is 4.88. The highest BCUT2D eigenvalue weighted by Crippen LogP contribution is 2.38. The van der Waals surface area contributed by atoms with Gasteiger partial charge in [-0.1, -0.05) is 26.7 Å². The number of aliphatic hydroxyl groups excluding tert-OH is 3. The van der Waals surface area contributed by atoms with Gasteiger partial charge in [-0.15, -0.1) is 0 Å². The predicted octanol–water partition coefficient (Wildman–Crippen LogP) is 0.281. The van der Waals surface area contributed by atoms with Gasteiger partial charge in [0.1, 0.15) is 5.60 Å². The molecule has 4 N–H and O–H groups in total. The second kappa shape index (κ2) is 6.43. The van der Waals surface area contributed by atoms with Crippen LogP contribution in [0.15, 0.2) is 0 Å². The summed E-state index contributed by atoms with van der Waals surface area (Å²) >= 11 is 0. The molecule has 0 aromatic heterocycles. The molecule has 0 rings (SSSR count). The first-order chi connectivity index (χ1) is 7.01. The maximum Gasteiger partial charge on any atom is 0.111 e. The van der Waals surface area contributed by atoms with Gasteiger partial charge >= 0.3 is 0 Å². The summed E-state index contributed by atoms with van der Waals surface area (Å²) < 4.78 is 0. The monoisotopic (exact) mass is 220 g/mol. The minimum absolute atomic E-state index is 0.0641. The summed E-state index contributed by atoms with van der Waals surface area (Å²) in [7, 11) is 0. The number of rotatable bonds is 8. The second-order valence-electron chi connectivity index (χ2n) is 4.40. The highest BCUT2D eigenvalue weighted by Gasteiger charge is 2.37. The summed E-state index contributed by atoms with van der Waals surface area (Å²) in [6.07, 6.45) is 2.53. The summed E-state index contributed by atoms with van der Waals surface area (Å²) in [6, 6.07) is 0. The first kappa shape index (κ1) is 14.8. The van der Waals surface area contributed by atoms with Gasteiger partial charge in [-0.2, -0.15) is 0 Å². The molecule has 0 radical (unpaired) electrons. The molecule has 0 aliphatic rings. The Hall–Kier alpha value is -0.160. The molecule has 0 unspecified atom stereocenters. The Kier molecular flexibility index (Phi) is 6.36. The van der Waals surface area contributed by atoms with Crippen LogP contribution in [0.3, 0.4) is 0 Å². The molecule has 0 spiro atoms. The summed E-state index contributed by atoms with van der Waals surface area (Å²) in [4.78, 5) is 0. The molecule has 0 aromatic rings. The Morgan fingerprint density at radius 2 is 1.40 bits per heavy atom. The van der Waals surface area contributed by atoms with Crippen molar-refractivity contribution in [2.75, 3.05) is 19.8 Å². The highest BCUT2D eigenvalue weighted by atomic mass is 16.4. The SMILES string of the molecule is CCC(CC)(CCO)CC(O)(CO)CO. The van der Waals surface area contributed by atoms with Gasteiger partial charge in [0.05, 0.1) is 13.2 Å². The first-order valence-corrected chi connectivity index (χ1v) is 5.56. The smallest absolute Gasteiger partial charge is 0.111 e. The minimum Gasteiger partial charge on any atom is -0.396 e. The van der Waals surface area contributed by atoms with Crippen LogP contribution >= 0.6 is 0 Å². The average Bonchev–Trinajstić information content (AvgIpc) is 2.28. The van der Waals surface area contributed by atoms with Gasteiger partial charge in [-0.25, -0.2) is 0 Å². The van der Waals surface area contributed by atoms with Crippen LogP contribution in [0.5, 0.6) is 0 Å². The average molecular weight is 220 g/mol. The fourth-order valence-electron chi connectivity index (χ4n) is 2.04. The molecule has 0 fully saturated rings. The zero-order valence-electron chi connectivity index (χ0n) is 9.74. The lowest BCUT2D eigenvalue weighted by molar-refractivity contribution is -0.0900. The molecule has 4 heteroatoms. The van der Waals surface area contributed by atoms with Gasteiger partial charge in [0, 0.05) is 6.61 Å². The van der Waals surface area contributed by atoms with Crippen molar-refractivity contribution in [2.24, 2.45) is 5.41 Å². The van der Waals surface area contributed by atoms with E-state index in [0.29, 0.717) is 12.8 Å². The van der Waals surface area contributed by atoms with Crippen LogP contribution in [0.25, 0.3) is 0 Å². The van der Waals surface area contributed by atoms with Crippen LogP contribution in [-0.4, -0.2) is 45.8 Å². The van der Waals surface area contributed by atoms with Gasteiger partial charge in [0.2, 0.25) is 0 Å². The van der Waals surface area contributed by atoms with Crippen LogP contribution in [0, 0.1) is 5.41 Å². The third kappa shape index (κ3) is 4.07. The number of aliphatic hydroxyl groups is 4. The quantitative estimate of drug-likeness (QED) is 0.474. The molecule has 0 amide bonds. The maximum atomic E-state index is 9.87. The Bertz CT molecular complexity index is 162. The Morgan fingerprint density at radius 1 is 0.933 bits per heavy atom. The molecule has 0 saturated carbocycles. The van der Waals surface area contributed by atoms with Crippen molar-refractivity contribution in [3.05, 3.63) is 0 Å². The van der Waals surface area contributed by atoms with Crippen molar-refractivity contribution in [3.8, 4) is 0 Å². The molecular formula is C11H24O4. The van der Waals surface area contributed by atoms with E-state index >= 15 is 0 Å². The Balaban J connectivity index is 4.63. The van der Waals surface area contributed by atoms with E-state index in [9.17, 15) is 5.11 Å². The van der Waals surface area contributed by atoms with Crippen LogP contribution in [0.4, 0.5) is 0 Å². The predicted molar refractivity (Wildman–Crippen MR) is 58.5 cm³/mol. The summed E-state index contributed by atoms with van der Waals surface area (Å²) in [5.41, 5.74) is -1.63. The van der Waals surface area contributed by atoms with Crippen molar-refractivity contribution in [1.29, 1.82) is 0 Å². The van der Waals surface area contributed by atoms with Crippen LogP contribution in [0.2, 0.25) is 0 Å². The lowest BCUT2D eigenvalue weighted by atomic mass is 9.71. The zero-order valence-corrected chi connectivity index (χ0v) is 9.74. The topological polar surface area (TPSA) is 80.9 Å². The van der Waals surface area contributed by atoms with Crippen molar-refractivity contribution in [3.63, 3.8) is 0 Å². The van der Waals surface area contributed by atoms with E-state index in [1.807, 2.05) is 13.8 Å². The summed E-state index contributed by atoms with van der Waals surface area (Å²) in [5, 5.41) is 36.9. The van der Waals surface area contributed by atoms with E-state index in [-0.39, 0.29) is 12.0 Å². The van der Waals surface area contributed by atoms with E-state index in [2.05, 4.69) is 0 Å². The van der Waals surface area contributed by atoms with Gasteiger partial charge in [0.15, 0.2) is 0 Å². The van der Waals surface area contributed by atoms with Crippen molar-refractivity contribution in [2.45, 2.75) is 45.1 Å². The summed E-state index contributed by atoms with van der Waals surface area (Å²) in [6.45, 7) is 3.16. The Labute approximate surface area is 91.6 Å². The second-order valence-corrected chi connectivity index (χ2v) is 4.40. The standard InChI is InChI=1S/C11H24O4/c1-3-10(4-2,5-6-12)7-11(15,8-13)9-14/h12-15H,3-9H2,1-2H3. The molecule has 0 aliphatic heterocycles.